The summed E-state index contributed by atoms with van der Waals surface area (Å²) < 4.78 is 27.8. The SMILES string of the molecule is [N-]=[N+]=NCC[C@]1(CO)O[C@@H](n2ccc(=O)[nH]c2=O)[C@H](F)[C@@H]1OCc1ccccc1. The van der Waals surface area contributed by atoms with Crippen molar-refractivity contribution in [2.45, 2.75) is 37.1 Å². The molecule has 10 nitrogen and oxygen atoms in total. The third kappa shape index (κ3) is 4.38. The van der Waals surface area contributed by atoms with Gasteiger partial charge >= 0.3 is 5.69 Å². The van der Waals surface area contributed by atoms with E-state index in [0.717, 1.165) is 22.4 Å². The first kappa shape index (κ1) is 20.7. The summed E-state index contributed by atoms with van der Waals surface area (Å²) >= 11 is 0. The number of nitrogens with one attached hydrogen (secondary N) is 1. The lowest BCUT2D eigenvalue weighted by molar-refractivity contribution is -0.146. The van der Waals surface area contributed by atoms with E-state index < -0.39 is 42.0 Å². The molecule has 0 aliphatic carbocycles. The van der Waals surface area contributed by atoms with E-state index in [1.165, 1.54) is 0 Å². The summed E-state index contributed by atoms with van der Waals surface area (Å²) in [5.41, 5.74) is 6.29. The van der Waals surface area contributed by atoms with Crippen molar-refractivity contribution in [3.05, 3.63) is 79.4 Å². The maximum Gasteiger partial charge on any atom is 0.330 e. The number of rotatable bonds is 8. The maximum absolute atomic E-state index is 15.4. The van der Waals surface area contributed by atoms with Gasteiger partial charge in [0.05, 0.1) is 13.2 Å². The molecule has 0 amide bonds. The van der Waals surface area contributed by atoms with Crippen LogP contribution in [0, 0.1) is 0 Å². The Hall–Kier alpha value is -2.98. The Labute approximate surface area is 164 Å². The van der Waals surface area contributed by atoms with Crippen molar-refractivity contribution in [2.24, 2.45) is 5.11 Å². The topological polar surface area (TPSA) is 142 Å². The van der Waals surface area contributed by atoms with Crippen molar-refractivity contribution in [1.29, 1.82) is 0 Å². The molecule has 0 spiro atoms. The Balaban J connectivity index is 1.92. The van der Waals surface area contributed by atoms with Crippen LogP contribution >= 0.6 is 0 Å². The van der Waals surface area contributed by atoms with Gasteiger partial charge in [-0.3, -0.25) is 14.3 Å². The van der Waals surface area contributed by atoms with Gasteiger partial charge in [0.25, 0.3) is 5.56 Å². The summed E-state index contributed by atoms with van der Waals surface area (Å²) in [6.45, 7) is -0.642. The number of azide groups is 1. The zero-order valence-corrected chi connectivity index (χ0v) is 15.3. The number of nitrogens with zero attached hydrogens (tertiary/aromatic N) is 4. The number of halogens is 1. The number of hydrogen-bond donors (Lipinski definition) is 2. The molecule has 0 unspecified atom stereocenters. The third-order valence-electron chi connectivity index (χ3n) is 4.80. The van der Waals surface area contributed by atoms with Gasteiger partial charge in [0.15, 0.2) is 12.4 Å². The van der Waals surface area contributed by atoms with Gasteiger partial charge in [-0.2, -0.15) is 0 Å². The molecule has 29 heavy (non-hydrogen) atoms. The van der Waals surface area contributed by atoms with Crippen LogP contribution in [-0.4, -0.2) is 45.7 Å². The summed E-state index contributed by atoms with van der Waals surface area (Å²) in [4.78, 5) is 28.1. The number of aromatic nitrogens is 2. The molecule has 3 rings (SSSR count). The lowest BCUT2D eigenvalue weighted by Crippen LogP contribution is -2.47. The van der Waals surface area contributed by atoms with E-state index >= 15 is 4.39 Å². The van der Waals surface area contributed by atoms with Crippen molar-refractivity contribution >= 4 is 0 Å². The fourth-order valence-electron chi connectivity index (χ4n) is 3.35. The number of alkyl halides is 1. The smallest absolute Gasteiger partial charge is 0.330 e. The minimum atomic E-state index is -1.83. The fourth-order valence-corrected chi connectivity index (χ4v) is 3.35. The molecule has 1 saturated heterocycles. The zero-order chi connectivity index (χ0) is 20.9. The molecule has 4 atom stereocenters. The molecule has 1 aromatic carbocycles. The van der Waals surface area contributed by atoms with Gasteiger partial charge in [-0.25, -0.2) is 9.18 Å². The van der Waals surface area contributed by atoms with Crippen LogP contribution in [0.5, 0.6) is 0 Å². The molecular weight excluding hydrogens is 385 g/mol. The minimum Gasteiger partial charge on any atom is -0.393 e. The second-order valence-electron chi connectivity index (χ2n) is 6.61. The lowest BCUT2D eigenvalue weighted by Gasteiger charge is -2.32. The fraction of sp³-hybridized carbons (Fsp3) is 0.444. The molecule has 11 heteroatoms. The summed E-state index contributed by atoms with van der Waals surface area (Å²) in [5.74, 6) is 0. The number of ether oxygens (including phenoxy) is 2. The third-order valence-corrected chi connectivity index (χ3v) is 4.80. The standard InChI is InChI=1S/C18H20FN5O5/c19-14-15(28-10-12-4-2-1-3-5-12)18(11-25,7-8-21-23-20)29-16(14)24-9-6-13(26)22-17(24)27/h1-6,9,14-16,25H,7-8,10-11H2,(H,22,26,27)/t14-,15+,16-,18-/m1/s1. The summed E-state index contributed by atoms with van der Waals surface area (Å²) in [6, 6.07) is 10.1. The van der Waals surface area contributed by atoms with E-state index in [1.807, 2.05) is 11.1 Å². The summed E-state index contributed by atoms with van der Waals surface area (Å²) in [6.07, 6.45) is -3.42. The number of H-pyrrole nitrogens is 1. The first-order valence-corrected chi connectivity index (χ1v) is 8.91. The van der Waals surface area contributed by atoms with Gasteiger partial charge in [0.1, 0.15) is 11.7 Å². The Kier molecular flexibility index (Phi) is 6.45. The zero-order valence-electron chi connectivity index (χ0n) is 15.3. The molecule has 1 fully saturated rings. The van der Waals surface area contributed by atoms with Gasteiger partial charge in [-0.05, 0) is 17.5 Å². The molecule has 2 N–H and O–H groups in total. The van der Waals surface area contributed by atoms with Crippen molar-refractivity contribution in [3.8, 4) is 0 Å². The van der Waals surface area contributed by atoms with E-state index in [0.29, 0.717) is 0 Å². The van der Waals surface area contributed by atoms with Crippen LogP contribution in [0.4, 0.5) is 4.39 Å². The van der Waals surface area contributed by atoms with Crippen molar-refractivity contribution in [1.82, 2.24) is 9.55 Å². The van der Waals surface area contributed by atoms with E-state index in [9.17, 15) is 14.7 Å². The highest BCUT2D eigenvalue weighted by Gasteiger charge is 2.57. The summed E-state index contributed by atoms with van der Waals surface area (Å²) in [7, 11) is 0. The Morgan fingerprint density at radius 2 is 2.10 bits per heavy atom. The second kappa shape index (κ2) is 9.01. The van der Waals surface area contributed by atoms with Crippen LogP contribution in [0.1, 0.15) is 18.2 Å². The van der Waals surface area contributed by atoms with E-state index in [1.54, 1.807) is 24.3 Å². The van der Waals surface area contributed by atoms with Gasteiger partial charge in [-0.1, -0.05) is 35.4 Å². The lowest BCUT2D eigenvalue weighted by atomic mass is 9.92. The molecule has 1 aliphatic heterocycles. The van der Waals surface area contributed by atoms with Crippen LogP contribution in [0.15, 0.2) is 57.3 Å². The Morgan fingerprint density at radius 1 is 1.34 bits per heavy atom. The number of hydrogen-bond acceptors (Lipinski definition) is 6. The molecule has 1 aliphatic rings. The highest BCUT2D eigenvalue weighted by molar-refractivity contribution is 5.14. The van der Waals surface area contributed by atoms with Crippen LogP contribution in [0.25, 0.3) is 10.4 Å². The minimum absolute atomic E-state index is 0.0258. The highest BCUT2D eigenvalue weighted by Crippen LogP contribution is 2.42. The predicted molar refractivity (Wildman–Crippen MR) is 99.8 cm³/mol. The van der Waals surface area contributed by atoms with Crippen molar-refractivity contribution in [3.63, 3.8) is 0 Å². The van der Waals surface area contributed by atoms with E-state index in [2.05, 4.69) is 10.0 Å². The Bertz CT molecular complexity index is 990. The second-order valence-corrected chi connectivity index (χ2v) is 6.61. The largest absolute Gasteiger partial charge is 0.393 e. The van der Waals surface area contributed by atoms with Crippen molar-refractivity contribution < 1.29 is 19.0 Å². The van der Waals surface area contributed by atoms with Gasteiger partial charge in [0, 0.05) is 23.7 Å². The van der Waals surface area contributed by atoms with Gasteiger partial charge in [-0.15, -0.1) is 0 Å². The van der Waals surface area contributed by atoms with Crippen LogP contribution in [0.2, 0.25) is 0 Å². The molecule has 0 radical (unpaired) electrons. The maximum atomic E-state index is 15.4. The van der Waals surface area contributed by atoms with Gasteiger partial charge in [0.2, 0.25) is 0 Å². The molecule has 0 bridgehead atoms. The quantitative estimate of drug-likeness (QED) is 0.388. The molecular formula is C18H20FN5O5. The number of aliphatic hydroxyl groups is 1. The first-order chi connectivity index (χ1) is 14.0. The van der Waals surface area contributed by atoms with Crippen LogP contribution in [0.3, 0.4) is 0 Å². The monoisotopic (exact) mass is 405 g/mol. The number of aliphatic hydroxyl groups excluding tert-OH is 1. The summed E-state index contributed by atoms with van der Waals surface area (Å²) in [5, 5.41) is 13.5. The number of aromatic amines is 1. The average Bonchev–Trinajstić information content (AvgIpc) is 2.99. The Morgan fingerprint density at radius 3 is 2.76 bits per heavy atom. The van der Waals surface area contributed by atoms with Crippen LogP contribution < -0.4 is 11.2 Å². The first-order valence-electron chi connectivity index (χ1n) is 8.91. The van der Waals surface area contributed by atoms with Gasteiger partial charge < -0.3 is 14.6 Å². The molecule has 2 heterocycles. The molecule has 1 aromatic heterocycles. The van der Waals surface area contributed by atoms with E-state index in [-0.39, 0.29) is 19.6 Å². The number of benzene rings is 1. The predicted octanol–water partition coefficient (Wildman–Crippen LogP) is 1.42. The molecule has 0 saturated carbocycles. The highest BCUT2D eigenvalue weighted by atomic mass is 19.1. The average molecular weight is 405 g/mol. The van der Waals surface area contributed by atoms with Crippen LogP contribution in [-0.2, 0) is 16.1 Å². The van der Waals surface area contributed by atoms with Crippen molar-refractivity contribution in [2.75, 3.05) is 13.2 Å². The molecule has 154 valence electrons. The normalized spacial score (nSPS) is 26.2. The molecule has 2 aromatic rings. The van der Waals surface area contributed by atoms with E-state index in [4.69, 9.17) is 15.0 Å².